The monoisotopic (exact) mass is 546 g/mol. The van der Waals surface area contributed by atoms with Gasteiger partial charge in [0.05, 0.1) is 19.3 Å². The third-order valence-corrected chi connectivity index (χ3v) is 14.5. The van der Waals surface area contributed by atoms with Crippen molar-refractivity contribution in [3.05, 3.63) is 23.8 Å². The Morgan fingerprint density at radius 1 is 0.917 bits per heavy atom. The van der Waals surface area contributed by atoms with Crippen LogP contribution in [0.2, 0.25) is 16.6 Å². The van der Waals surface area contributed by atoms with Gasteiger partial charge in [-0.3, -0.25) is 9.36 Å². The fraction of sp³-hybridized carbons (Fsp3) is 0.778. The molecule has 36 heavy (non-hydrogen) atoms. The Morgan fingerprint density at radius 2 is 1.44 bits per heavy atom. The fourth-order valence-electron chi connectivity index (χ4n) is 4.68. The van der Waals surface area contributed by atoms with Crippen molar-refractivity contribution in [2.24, 2.45) is 5.92 Å². The lowest BCUT2D eigenvalue weighted by Crippen LogP contribution is -2.50. The summed E-state index contributed by atoms with van der Waals surface area (Å²) in [4.78, 5) is 23.3. The quantitative estimate of drug-likeness (QED) is 0.0546. The SMILES string of the molecule is CCOP(=O)(CC(=O)OC/C=C(C)/C=C/[C@H](CC[C@H](C)C=O)O[Si](C(C)C)(C(C)C)C(C)C)OCC. The molecule has 0 fully saturated rings. The van der Waals surface area contributed by atoms with Crippen LogP contribution in [0.4, 0.5) is 0 Å². The molecule has 0 aromatic carbocycles. The molecule has 9 heteroatoms. The number of carbonyl (C=O) groups is 2. The molecular formula is C27H51O7PSi. The molecule has 0 heterocycles. The van der Waals surface area contributed by atoms with E-state index >= 15 is 0 Å². The average Bonchev–Trinajstić information content (AvgIpc) is 2.77. The molecule has 0 N–H and O–H groups in total. The zero-order chi connectivity index (χ0) is 27.9. The van der Waals surface area contributed by atoms with Gasteiger partial charge in [0.2, 0.25) is 8.32 Å². The van der Waals surface area contributed by atoms with Crippen molar-refractivity contribution >= 4 is 28.2 Å². The van der Waals surface area contributed by atoms with Crippen LogP contribution in [0, 0.1) is 5.92 Å². The van der Waals surface area contributed by atoms with E-state index in [4.69, 9.17) is 18.2 Å². The summed E-state index contributed by atoms with van der Waals surface area (Å²) in [6.07, 6.45) is 7.86. The molecule has 0 saturated carbocycles. The van der Waals surface area contributed by atoms with Gasteiger partial charge in [-0.25, -0.2) is 0 Å². The molecule has 0 unspecified atom stereocenters. The Balaban J connectivity index is 5.43. The molecule has 0 radical (unpaired) electrons. The second-order valence-electron chi connectivity index (χ2n) is 10.3. The molecule has 0 bridgehead atoms. The van der Waals surface area contributed by atoms with Crippen LogP contribution in [0.3, 0.4) is 0 Å². The summed E-state index contributed by atoms with van der Waals surface area (Å²) < 4.78 is 35.0. The lowest BCUT2D eigenvalue weighted by molar-refractivity contribution is -0.139. The number of hydrogen-bond donors (Lipinski definition) is 0. The van der Waals surface area contributed by atoms with Crippen LogP contribution in [0.1, 0.15) is 82.1 Å². The summed E-state index contributed by atoms with van der Waals surface area (Å²) in [6.45, 7) is 21.3. The molecule has 0 aliphatic rings. The second kappa shape index (κ2) is 17.5. The summed E-state index contributed by atoms with van der Waals surface area (Å²) in [5.74, 6) is -0.642. The van der Waals surface area contributed by atoms with Crippen molar-refractivity contribution in [1.82, 2.24) is 0 Å². The van der Waals surface area contributed by atoms with E-state index in [0.717, 1.165) is 24.7 Å². The maximum atomic E-state index is 12.5. The summed E-state index contributed by atoms with van der Waals surface area (Å²) >= 11 is 0. The molecule has 0 aromatic heterocycles. The van der Waals surface area contributed by atoms with Gasteiger partial charge in [-0.1, -0.05) is 66.2 Å². The van der Waals surface area contributed by atoms with Crippen molar-refractivity contribution < 1.29 is 32.4 Å². The van der Waals surface area contributed by atoms with E-state index in [9.17, 15) is 14.2 Å². The topological polar surface area (TPSA) is 88.1 Å². The normalized spacial score (nSPS) is 15.2. The third kappa shape index (κ3) is 12.0. The summed E-state index contributed by atoms with van der Waals surface area (Å²) in [7, 11) is -5.58. The van der Waals surface area contributed by atoms with Gasteiger partial charge in [0, 0.05) is 5.92 Å². The number of esters is 1. The molecule has 0 spiro atoms. The van der Waals surface area contributed by atoms with Crippen LogP contribution in [0.5, 0.6) is 0 Å². The zero-order valence-corrected chi connectivity index (χ0v) is 26.1. The largest absolute Gasteiger partial charge is 0.461 e. The number of allylic oxidation sites excluding steroid dienone is 2. The first kappa shape index (κ1) is 34.9. The molecule has 0 aliphatic heterocycles. The number of hydrogen-bond acceptors (Lipinski definition) is 7. The first-order chi connectivity index (χ1) is 16.8. The Morgan fingerprint density at radius 3 is 1.89 bits per heavy atom. The number of ether oxygens (including phenoxy) is 1. The minimum Gasteiger partial charge on any atom is -0.461 e. The molecule has 7 nitrogen and oxygen atoms in total. The van der Waals surface area contributed by atoms with Gasteiger partial charge in [-0.05, 0) is 56.3 Å². The van der Waals surface area contributed by atoms with Gasteiger partial charge in [-0.15, -0.1) is 0 Å². The van der Waals surface area contributed by atoms with Crippen LogP contribution >= 0.6 is 7.60 Å². The summed E-state index contributed by atoms with van der Waals surface area (Å²) in [5.41, 5.74) is 2.29. The Labute approximate surface area is 221 Å². The van der Waals surface area contributed by atoms with Crippen LogP contribution in [-0.4, -0.2) is 52.7 Å². The average molecular weight is 547 g/mol. The van der Waals surface area contributed by atoms with Gasteiger partial charge in [-0.2, -0.15) is 0 Å². The van der Waals surface area contributed by atoms with E-state index < -0.39 is 28.0 Å². The maximum absolute atomic E-state index is 12.5. The first-order valence-corrected chi connectivity index (χ1v) is 17.2. The third-order valence-electron chi connectivity index (χ3n) is 6.40. The molecule has 2 atom stereocenters. The highest BCUT2D eigenvalue weighted by Crippen LogP contribution is 2.47. The lowest BCUT2D eigenvalue weighted by atomic mass is 10.0. The molecule has 0 amide bonds. The van der Waals surface area contributed by atoms with Crippen molar-refractivity contribution in [1.29, 1.82) is 0 Å². The molecule has 0 rings (SSSR count). The highest BCUT2D eigenvalue weighted by atomic mass is 31.2. The number of aldehydes is 1. The van der Waals surface area contributed by atoms with Crippen LogP contribution in [-0.2, 0) is 32.4 Å². The standard InChI is InChI=1S/C27H51O7PSi/c1-11-32-35(30,33-12-2)20-27(29)31-18-17-24(9)13-15-26(16-14-25(10)19-28)34-36(21(3)4,22(5)6)23(7)8/h13,15,17,19,21-23,25-26H,11-12,14,16,18,20H2,1-10H3/b15-13+,24-17+/t25-,26+/m0/s1. The van der Waals surface area contributed by atoms with Gasteiger partial charge >= 0.3 is 13.6 Å². The van der Waals surface area contributed by atoms with E-state index in [2.05, 4.69) is 47.6 Å². The molecular weight excluding hydrogens is 495 g/mol. The predicted octanol–water partition coefficient (Wildman–Crippen LogP) is 7.47. The summed E-state index contributed by atoms with van der Waals surface area (Å²) in [5, 5.41) is 0. The van der Waals surface area contributed by atoms with Gasteiger partial charge in [0.1, 0.15) is 19.1 Å². The minimum atomic E-state index is -3.48. The Bertz CT molecular complexity index is 729. The molecule has 0 aromatic rings. The van der Waals surface area contributed by atoms with Crippen molar-refractivity contribution in [2.75, 3.05) is 26.0 Å². The predicted molar refractivity (Wildman–Crippen MR) is 150 cm³/mol. The Hall–Kier alpha value is -1.05. The number of rotatable bonds is 19. The highest BCUT2D eigenvalue weighted by Gasteiger charge is 2.46. The van der Waals surface area contributed by atoms with Crippen LogP contribution < -0.4 is 0 Å². The van der Waals surface area contributed by atoms with E-state index in [1.807, 2.05) is 19.9 Å². The lowest BCUT2D eigenvalue weighted by Gasteiger charge is -2.44. The maximum Gasteiger partial charge on any atom is 0.341 e. The molecule has 210 valence electrons. The van der Waals surface area contributed by atoms with E-state index in [1.54, 1.807) is 19.9 Å². The molecule has 0 saturated heterocycles. The number of carbonyl (C=O) groups excluding carboxylic acids is 2. The Kier molecular flexibility index (Phi) is 16.9. The van der Waals surface area contributed by atoms with Crippen molar-refractivity contribution in [3.8, 4) is 0 Å². The highest BCUT2D eigenvalue weighted by molar-refractivity contribution is 7.54. The first-order valence-electron chi connectivity index (χ1n) is 13.3. The van der Waals surface area contributed by atoms with Crippen LogP contribution in [0.15, 0.2) is 23.8 Å². The smallest absolute Gasteiger partial charge is 0.341 e. The van der Waals surface area contributed by atoms with E-state index in [0.29, 0.717) is 16.6 Å². The minimum absolute atomic E-state index is 0.0156. The van der Waals surface area contributed by atoms with E-state index in [-0.39, 0.29) is 31.8 Å². The van der Waals surface area contributed by atoms with Crippen molar-refractivity contribution in [3.63, 3.8) is 0 Å². The van der Waals surface area contributed by atoms with Gasteiger partial charge < -0.3 is 23.0 Å². The summed E-state index contributed by atoms with van der Waals surface area (Å²) in [6, 6.07) is 0. The van der Waals surface area contributed by atoms with Crippen molar-refractivity contribution in [2.45, 2.75) is 105 Å². The van der Waals surface area contributed by atoms with Gasteiger partial charge in [0.15, 0.2) is 0 Å². The second-order valence-corrected chi connectivity index (χ2v) is 17.7. The van der Waals surface area contributed by atoms with E-state index in [1.165, 1.54) is 0 Å². The zero-order valence-electron chi connectivity index (χ0n) is 24.2. The van der Waals surface area contributed by atoms with Crippen LogP contribution in [0.25, 0.3) is 0 Å². The fourth-order valence-corrected chi connectivity index (χ4v) is 11.7. The molecule has 0 aliphatic carbocycles. The van der Waals surface area contributed by atoms with Gasteiger partial charge in [0.25, 0.3) is 0 Å².